The molecule has 26 nitrogen and oxygen atoms in total. The average Bonchev–Trinajstić information content (AvgIpc) is 0.810. The van der Waals surface area contributed by atoms with Crippen molar-refractivity contribution in [3.63, 3.8) is 0 Å². The van der Waals surface area contributed by atoms with Gasteiger partial charge in [-0.3, -0.25) is 57.6 Å². The molecular weight excluding hydrogens is 1210 g/mol. The van der Waals surface area contributed by atoms with E-state index in [4.69, 9.17) is 9.47 Å². The molecule has 13 atom stereocenters. The van der Waals surface area contributed by atoms with Gasteiger partial charge in [0.15, 0.2) is 0 Å². The number of likely N-dealkylation sites (N-methyl/N-ethyl adjacent to an activating group) is 7. The molecule has 2 heterocycles. The number of aliphatic hydroxyl groups is 1. The Morgan fingerprint density at radius 3 is 1.53 bits per heavy atom. The highest BCUT2D eigenvalue weighted by Gasteiger charge is 2.46. The zero-order valence-corrected chi connectivity index (χ0v) is 61.3. The molecule has 538 valence electrons. The largest absolute Gasteiger partial charge is 0.390 e. The summed E-state index contributed by atoms with van der Waals surface area (Å²) in [6.45, 7) is 31.1. The number of carbonyl (C=O) groups is 11. The third-order valence-electron chi connectivity index (χ3n) is 18.1. The van der Waals surface area contributed by atoms with Crippen molar-refractivity contribution in [1.82, 2.24) is 60.5 Å². The second kappa shape index (κ2) is 39.7. The van der Waals surface area contributed by atoms with Crippen molar-refractivity contribution in [2.24, 2.45) is 35.5 Å². The highest BCUT2D eigenvalue weighted by Crippen LogP contribution is 2.26. The second-order valence-electron chi connectivity index (χ2n) is 28.1. The maximum atomic E-state index is 15.2. The van der Waals surface area contributed by atoms with Gasteiger partial charge in [-0.05, 0) is 115 Å². The molecule has 0 aromatic carbocycles. The van der Waals surface area contributed by atoms with Crippen molar-refractivity contribution in [2.75, 3.05) is 95.3 Å². The zero-order valence-electron chi connectivity index (χ0n) is 61.3. The molecule has 2 saturated heterocycles. The second-order valence-corrected chi connectivity index (χ2v) is 28.1. The molecule has 2 aliphatic heterocycles. The van der Waals surface area contributed by atoms with Gasteiger partial charge in [-0.25, -0.2) is 0 Å². The molecule has 0 aliphatic carbocycles. The minimum Gasteiger partial charge on any atom is -0.390 e. The molecule has 0 radical (unpaired) electrons. The van der Waals surface area contributed by atoms with Crippen LogP contribution in [0.1, 0.15) is 156 Å². The van der Waals surface area contributed by atoms with Crippen molar-refractivity contribution in [1.29, 1.82) is 0 Å². The topological polar surface area (TPSA) is 300 Å². The molecule has 11 amide bonds. The Balaban J connectivity index is 2.97. The van der Waals surface area contributed by atoms with Gasteiger partial charge in [-0.15, -0.1) is 0 Å². The molecule has 0 aromatic rings. The van der Waals surface area contributed by atoms with E-state index in [-0.39, 0.29) is 50.0 Å². The predicted octanol–water partition coefficient (Wildman–Crippen LogP) is 2.74. The summed E-state index contributed by atoms with van der Waals surface area (Å²) < 4.78 is 11.8. The summed E-state index contributed by atoms with van der Waals surface area (Å²) in [6.07, 6.45) is 3.21. The maximum absolute atomic E-state index is 15.2. The van der Waals surface area contributed by atoms with Crippen LogP contribution in [-0.2, 0) is 62.2 Å². The number of amides is 11. The van der Waals surface area contributed by atoms with Crippen molar-refractivity contribution >= 4 is 65.0 Å². The van der Waals surface area contributed by atoms with Gasteiger partial charge in [0.1, 0.15) is 60.4 Å². The number of rotatable bonds is 20. The number of nitrogens with zero attached hydrogens (tertiary/aromatic N) is 8. The molecule has 2 aliphatic rings. The molecule has 94 heavy (non-hydrogen) atoms. The highest BCUT2D eigenvalue weighted by molar-refractivity contribution is 5.99. The first-order valence-corrected chi connectivity index (χ1v) is 34.1. The summed E-state index contributed by atoms with van der Waals surface area (Å²) in [6, 6.07) is -12.8. The van der Waals surface area contributed by atoms with E-state index in [1.54, 1.807) is 67.5 Å². The van der Waals surface area contributed by atoms with Crippen LogP contribution in [0.25, 0.3) is 0 Å². The van der Waals surface area contributed by atoms with E-state index >= 15 is 14.4 Å². The lowest BCUT2D eigenvalue weighted by atomic mass is 9.91. The van der Waals surface area contributed by atoms with E-state index < -0.39 is 162 Å². The van der Waals surface area contributed by atoms with Gasteiger partial charge in [0.05, 0.1) is 32.0 Å². The van der Waals surface area contributed by atoms with Gasteiger partial charge in [0.2, 0.25) is 65.0 Å². The van der Waals surface area contributed by atoms with Gasteiger partial charge in [-0.1, -0.05) is 95.2 Å². The Kier molecular flexibility index (Phi) is 35.4. The van der Waals surface area contributed by atoms with Gasteiger partial charge in [0.25, 0.3) is 0 Å². The number of allylic oxidation sites excluding steroid dienone is 2. The summed E-state index contributed by atoms with van der Waals surface area (Å²) in [4.78, 5) is 173. The van der Waals surface area contributed by atoms with Crippen LogP contribution in [0.5, 0.6) is 0 Å². The van der Waals surface area contributed by atoms with Crippen molar-refractivity contribution in [3.05, 3.63) is 12.2 Å². The number of hydrogen-bond acceptors (Lipinski definition) is 15. The van der Waals surface area contributed by atoms with E-state index in [0.717, 1.165) is 40.8 Å². The van der Waals surface area contributed by atoms with Crippen LogP contribution in [0.2, 0.25) is 0 Å². The molecule has 5 N–H and O–H groups in total. The smallest absolute Gasteiger partial charge is 0.246 e. The Morgan fingerprint density at radius 2 is 1.02 bits per heavy atom. The fourth-order valence-electron chi connectivity index (χ4n) is 12.1. The first-order valence-electron chi connectivity index (χ1n) is 34.1. The first-order chi connectivity index (χ1) is 43.8. The lowest BCUT2D eigenvalue weighted by Crippen LogP contribution is -2.63. The molecular formula is C68H122N12O14. The Labute approximate surface area is 562 Å². The molecule has 0 saturated carbocycles. The third-order valence-corrected chi connectivity index (χ3v) is 18.1. The van der Waals surface area contributed by atoms with E-state index in [2.05, 4.69) is 26.2 Å². The van der Waals surface area contributed by atoms with Gasteiger partial charge >= 0.3 is 0 Å². The Morgan fingerprint density at radius 1 is 0.532 bits per heavy atom. The Hall–Kier alpha value is -6.25. The highest BCUT2D eigenvalue weighted by atomic mass is 16.5. The van der Waals surface area contributed by atoms with Gasteiger partial charge < -0.3 is 70.1 Å². The van der Waals surface area contributed by atoms with Crippen LogP contribution < -0.4 is 21.3 Å². The van der Waals surface area contributed by atoms with Crippen molar-refractivity contribution in [3.8, 4) is 0 Å². The average molecular weight is 1330 g/mol. The Bertz CT molecular complexity index is 2540. The van der Waals surface area contributed by atoms with E-state index in [1.807, 2.05) is 41.5 Å². The van der Waals surface area contributed by atoms with Crippen LogP contribution in [-0.4, -0.2) is 277 Å². The summed E-state index contributed by atoms with van der Waals surface area (Å²) in [5.41, 5.74) is 0. The fourth-order valence-corrected chi connectivity index (χ4v) is 12.1. The van der Waals surface area contributed by atoms with Crippen molar-refractivity contribution in [2.45, 2.75) is 228 Å². The van der Waals surface area contributed by atoms with Crippen LogP contribution >= 0.6 is 0 Å². The van der Waals surface area contributed by atoms with Crippen LogP contribution in [0.15, 0.2) is 12.2 Å². The normalized spacial score (nSPS) is 26.9. The monoisotopic (exact) mass is 1330 g/mol. The number of morpholine rings is 1. The van der Waals surface area contributed by atoms with E-state index in [9.17, 15) is 43.5 Å². The van der Waals surface area contributed by atoms with Crippen molar-refractivity contribution < 1.29 is 67.3 Å². The zero-order chi connectivity index (χ0) is 71.9. The minimum atomic E-state index is -1.63. The first kappa shape index (κ1) is 83.8. The maximum Gasteiger partial charge on any atom is 0.246 e. The van der Waals surface area contributed by atoms with Gasteiger partial charge in [-0.2, -0.15) is 0 Å². The van der Waals surface area contributed by atoms with Crippen LogP contribution in [0.3, 0.4) is 0 Å². The molecule has 0 unspecified atom stereocenters. The number of carbonyl (C=O) groups excluding carboxylic acids is 11. The molecule has 26 heteroatoms. The lowest BCUT2D eigenvalue weighted by Gasteiger charge is -2.41. The van der Waals surface area contributed by atoms with Crippen LogP contribution in [0, 0.1) is 35.5 Å². The molecule has 0 aromatic heterocycles. The predicted molar refractivity (Wildman–Crippen MR) is 361 cm³/mol. The van der Waals surface area contributed by atoms with E-state index in [0.29, 0.717) is 26.1 Å². The van der Waals surface area contributed by atoms with E-state index in [1.165, 1.54) is 82.8 Å². The summed E-state index contributed by atoms with van der Waals surface area (Å²) in [5.74, 6) is -10.0. The lowest BCUT2D eigenvalue weighted by molar-refractivity contribution is -0.157. The third kappa shape index (κ3) is 24.1. The molecule has 0 spiro atoms. The number of hydrogen-bond donors (Lipinski definition) is 5. The summed E-state index contributed by atoms with van der Waals surface area (Å²) in [5, 5.41) is 23.2. The SMILES string of the molecule is CC=CC[C@@H](C)[C@@H](O)[C@@H]1C(=O)N[C@@H](CC)C(=O)N(C)CC(=O)N(C)[C@@H]([C@@H](C)OCCCCN2CCOCC2)C(=O)N[C@@H](C(C)C)C(=O)N(C)[C@@H](CC(C)C)C(=O)N[C@@H](C)C(=O)N[C@H](C)C(=O)N(C)[C@@H](CC(C)C)C(=O)N(C)[C@@H](CC(C)C)C(=O)N(C)[C@H](C(C)C)C(=O)N1C. The number of nitrogens with one attached hydrogen (secondary N) is 4. The standard InChI is InChI=1S/C68H122N12O14/c1-24-26-29-45(13)58(82)57-62(86)71-49(25-2)64(88)73(17)39-53(81)77(21)56(48(16)94-33-28-27-30-80-31-34-93-35-32-80)61(85)72-54(43(9)10)67(91)74(18)50(36-40(3)4)60(84)69-46(14)59(83)70-47(15)63(87)75(19)51(37-41(5)6)65(89)76(20)52(38-42(7)8)66(90)78(22)55(44(11)12)68(92)79(57)23/h24,26,40-52,54-58,82H,25,27-39H2,1-23H3,(H,69,84)(H,70,83)(H,71,86)(H,72,85)/t45-,46+,47-,48-,49+,50+,51+,52+,54+,55-,56+,57-,58-/m1/s1. The number of unbranched alkanes of at least 4 members (excludes halogenated alkanes) is 1. The number of aliphatic hydroxyl groups excluding tert-OH is 1. The summed E-state index contributed by atoms with van der Waals surface area (Å²) >= 11 is 0. The minimum absolute atomic E-state index is 0.00187. The molecule has 2 fully saturated rings. The quantitative estimate of drug-likeness (QED) is 0.0865. The van der Waals surface area contributed by atoms with Crippen LogP contribution in [0.4, 0.5) is 0 Å². The fraction of sp³-hybridized carbons (Fsp3) is 0.809. The molecule has 2 rings (SSSR count). The summed E-state index contributed by atoms with van der Waals surface area (Å²) in [7, 11) is 9.87. The molecule has 0 bridgehead atoms. The number of ether oxygens (including phenoxy) is 2. The van der Waals surface area contributed by atoms with Gasteiger partial charge in [0, 0.05) is 69.0 Å².